The maximum Gasteiger partial charge on any atom is 0.262 e. The number of aryl methyl sites for hydroxylation is 1. The van der Waals surface area contributed by atoms with Crippen LogP contribution >= 0.6 is 0 Å². The zero-order chi connectivity index (χ0) is 20.1. The van der Waals surface area contributed by atoms with Crippen LogP contribution in [0.3, 0.4) is 0 Å². The van der Waals surface area contributed by atoms with Gasteiger partial charge in [0, 0.05) is 45.4 Å². The Hall–Kier alpha value is -1.81. The van der Waals surface area contributed by atoms with Crippen molar-refractivity contribution in [3.8, 4) is 0 Å². The van der Waals surface area contributed by atoms with Crippen molar-refractivity contribution in [1.82, 2.24) is 19.2 Å². The first-order chi connectivity index (χ1) is 13.4. The van der Waals surface area contributed by atoms with E-state index in [2.05, 4.69) is 10.3 Å². The summed E-state index contributed by atoms with van der Waals surface area (Å²) in [7, 11) is -1.93. The smallest absolute Gasteiger partial charge is 0.262 e. The van der Waals surface area contributed by atoms with Gasteiger partial charge in [0.15, 0.2) is 5.03 Å². The lowest BCUT2D eigenvalue weighted by molar-refractivity contribution is 0.148. The number of nitrogens with one attached hydrogen (secondary N) is 1. The van der Waals surface area contributed by atoms with E-state index in [9.17, 15) is 12.8 Å². The van der Waals surface area contributed by atoms with Gasteiger partial charge in [-0.3, -0.25) is 0 Å². The maximum atomic E-state index is 13.3. The second-order valence-electron chi connectivity index (χ2n) is 7.02. The number of sulfonamides is 1. The lowest BCUT2D eigenvalue weighted by atomic mass is 9.89. The SMILES string of the molecule is CCOCCNC[C@@H]1CN(S(=O)(=O)c2cn(C)cn2)C[C@H]1c1ccc(F)cc1. The van der Waals surface area contributed by atoms with Crippen LogP contribution in [0.4, 0.5) is 4.39 Å². The molecule has 0 saturated carbocycles. The third-order valence-electron chi connectivity index (χ3n) is 5.02. The molecule has 0 amide bonds. The number of halogens is 1. The third kappa shape index (κ3) is 4.78. The highest BCUT2D eigenvalue weighted by molar-refractivity contribution is 7.89. The molecule has 28 heavy (non-hydrogen) atoms. The molecule has 1 N–H and O–H groups in total. The molecule has 0 aliphatic carbocycles. The average Bonchev–Trinajstić information content (AvgIpc) is 3.30. The van der Waals surface area contributed by atoms with Gasteiger partial charge in [-0.05, 0) is 37.1 Å². The Morgan fingerprint density at radius 2 is 2.04 bits per heavy atom. The number of ether oxygens (including phenoxy) is 1. The molecule has 2 heterocycles. The Balaban J connectivity index is 1.76. The van der Waals surface area contributed by atoms with Crippen molar-refractivity contribution in [3.05, 3.63) is 48.2 Å². The Kier molecular flexibility index (Phi) is 6.82. The fourth-order valence-corrected chi connectivity index (χ4v) is 5.04. The van der Waals surface area contributed by atoms with Crippen molar-refractivity contribution >= 4 is 10.0 Å². The molecule has 1 saturated heterocycles. The molecular weight excluding hydrogens is 383 g/mol. The van der Waals surface area contributed by atoms with Crippen molar-refractivity contribution in [3.63, 3.8) is 0 Å². The maximum absolute atomic E-state index is 13.3. The molecule has 154 valence electrons. The Morgan fingerprint density at radius 1 is 1.29 bits per heavy atom. The van der Waals surface area contributed by atoms with E-state index in [1.807, 2.05) is 6.92 Å². The Morgan fingerprint density at radius 3 is 2.68 bits per heavy atom. The monoisotopic (exact) mass is 410 g/mol. The number of hydrogen-bond donors (Lipinski definition) is 1. The minimum Gasteiger partial charge on any atom is -0.380 e. The van der Waals surface area contributed by atoms with Gasteiger partial charge in [-0.2, -0.15) is 4.31 Å². The summed E-state index contributed by atoms with van der Waals surface area (Å²) in [5.74, 6) is -0.240. The summed E-state index contributed by atoms with van der Waals surface area (Å²) in [4.78, 5) is 4.01. The van der Waals surface area contributed by atoms with Crippen molar-refractivity contribution in [1.29, 1.82) is 0 Å². The molecule has 9 heteroatoms. The quantitative estimate of drug-likeness (QED) is 0.636. The van der Waals surface area contributed by atoms with Gasteiger partial charge in [0.05, 0.1) is 12.9 Å². The van der Waals surface area contributed by atoms with Crippen LogP contribution in [0.1, 0.15) is 18.4 Å². The normalized spacial score (nSPS) is 20.7. The highest BCUT2D eigenvalue weighted by Crippen LogP contribution is 2.35. The zero-order valence-electron chi connectivity index (χ0n) is 16.2. The van der Waals surface area contributed by atoms with Gasteiger partial charge in [0.25, 0.3) is 10.0 Å². The molecule has 1 aromatic carbocycles. The van der Waals surface area contributed by atoms with E-state index in [-0.39, 0.29) is 22.7 Å². The van der Waals surface area contributed by atoms with E-state index < -0.39 is 10.0 Å². The second-order valence-corrected chi connectivity index (χ2v) is 8.90. The van der Waals surface area contributed by atoms with Crippen LogP contribution in [0.2, 0.25) is 0 Å². The summed E-state index contributed by atoms with van der Waals surface area (Å²) in [6.45, 7) is 5.32. The van der Waals surface area contributed by atoms with Gasteiger partial charge in [-0.15, -0.1) is 0 Å². The molecule has 1 aliphatic heterocycles. The van der Waals surface area contributed by atoms with Crippen LogP contribution in [-0.4, -0.2) is 61.7 Å². The minimum absolute atomic E-state index is 0.0151. The highest BCUT2D eigenvalue weighted by Gasteiger charge is 2.40. The van der Waals surface area contributed by atoms with Crippen molar-refractivity contribution in [2.45, 2.75) is 17.9 Å². The predicted molar refractivity (Wildman–Crippen MR) is 104 cm³/mol. The van der Waals surface area contributed by atoms with E-state index in [0.717, 1.165) is 5.56 Å². The Bertz CT molecular complexity index is 870. The van der Waals surface area contributed by atoms with E-state index >= 15 is 0 Å². The van der Waals surface area contributed by atoms with Crippen LogP contribution in [0.25, 0.3) is 0 Å². The zero-order valence-corrected chi connectivity index (χ0v) is 17.0. The number of benzene rings is 1. The molecule has 3 rings (SSSR count). The van der Waals surface area contributed by atoms with Crippen LogP contribution < -0.4 is 5.32 Å². The molecule has 1 fully saturated rings. The number of rotatable bonds is 9. The fraction of sp³-hybridized carbons (Fsp3) is 0.526. The summed E-state index contributed by atoms with van der Waals surface area (Å²) < 4.78 is 47.8. The van der Waals surface area contributed by atoms with Gasteiger partial charge < -0.3 is 14.6 Å². The molecule has 0 unspecified atom stereocenters. The minimum atomic E-state index is -3.66. The molecule has 0 bridgehead atoms. The fourth-order valence-electron chi connectivity index (χ4n) is 3.55. The number of nitrogens with zero attached hydrogens (tertiary/aromatic N) is 3. The molecule has 1 aliphatic rings. The number of imidazole rings is 1. The lowest BCUT2D eigenvalue weighted by Crippen LogP contribution is -2.32. The second kappa shape index (κ2) is 9.13. The van der Waals surface area contributed by atoms with Crippen LogP contribution in [0.5, 0.6) is 0 Å². The summed E-state index contributed by atoms with van der Waals surface area (Å²) in [5, 5.41) is 3.40. The van der Waals surface area contributed by atoms with Crippen LogP contribution in [0, 0.1) is 11.7 Å². The standard InChI is InChI=1S/C19H27FN4O3S/c1-3-27-9-8-21-10-16-11-24(28(25,26)19-13-23(2)14-22-19)12-18(16)15-4-6-17(20)7-5-15/h4-7,13-14,16,18,21H,3,8-12H2,1-2H3/t16-,18+/m1/s1. The first kappa shape index (κ1) is 20.9. The first-order valence-corrected chi connectivity index (χ1v) is 10.9. The van der Waals surface area contributed by atoms with E-state index in [1.165, 1.54) is 29.0 Å². The third-order valence-corrected chi connectivity index (χ3v) is 6.74. The van der Waals surface area contributed by atoms with Crippen molar-refractivity contribution in [2.75, 3.05) is 39.4 Å². The summed E-state index contributed by atoms with van der Waals surface area (Å²) in [5.41, 5.74) is 0.941. The average molecular weight is 411 g/mol. The molecule has 7 nitrogen and oxygen atoms in total. The lowest BCUT2D eigenvalue weighted by Gasteiger charge is -2.19. The molecule has 2 atom stereocenters. The predicted octanol–water partition coefficient (Wildman–Crippen LogP) is 1.59. The topological polar surface area (TPSA) is 76.5 Å². The van der Waals surface area contributed by atoms with Crippen LogP contribution in [-0.2, 0) is 21.8 Å². The molecule has 0 spiro atoms. The van der Waals surface area contributed by atoms with Crippen molar-refractivity contribution in [2.24, 2.45) is 13.0 Å². The van der Waals surface area contributed by atoms with Gasteiger partial charge in [0.2, 0.25) is 0 Å². The first-order valence-electron chi connectivity index (χ1n) is 9.44. The summed E-state index contributed by atoms with van der Waals surface area (Å²) >= 11 is 0. The van der Waals surface area contributed by atoms with Crippen molar-refractivity contribution < 1.29 is 17.5 Å². The van der Waals surface area contributed by atoms with Gasteiger partial charge in [0.1, 0.15) is 5.82 Å². The molecule has 1 aromatic heterocycles. The van der Waals surface area contributed by atoms with Crippen LogP contribution in [0.15, 0.2) is 41.8 Å². The van der Waals surface area contributed by atoms with Gasteiger partial charge in [-0.1, -0.05) is 12.1 Å². The number of hydrogen-bond acceptors (Lipinski definition) is 5. The van der Waals surface area contributed by atoms with E-state index in [4.69, 9.17) is 4.74 Å². The van der Waals surface area contributed by atoms with Gasteiger partial charge >= 0.3 is 0 Å². The molecule has 0 radical (unpaired) electrons. The van der Waals surface area contributed by atoms with Gasteiger partial charge in [-0.25, -0.2) is 17.8 Å². The summed E-state index contributed by atoms with van der Waals surface area (Å²) in [6, 6.07) is 6.32. The highest BCUT2D eigenvalue weighted by atomic mass is 32.2. The largest absolute Gasteiger partial charge is 0.380 e. The molecule has 2 aromatic rings. The Labute approximate surface area is 165 Å². The summed E-state index contributed by atoms with van der Waals surface area (Å²) in [6.07, 6.45) is 2.99. The van der Waals surface area contributed by atoms with E-state index in [1.54, 1.807) is 23.7 Å². The number of aromatic nitrogens is 2. The molecular formula is C19H27FN4O3S. The van der Waals surface area contributed by atoms with E-state index in [0.29, 0.717) is 39.4 Å².